The topological polar surface area (TPSA) is 35.5 Å². The monoisotopic (exact) mass is 310 g/mol. The Kier molecular flexibility index (Phi) is 5.56. The predicted octanol–water partition coefficient (Wildman–Crippen LogP) is 3.77. The van der Waals surface area contributed by atoms with Crippen molar-refractivity contribution in [2.75, 3.05) is 6.61 Å². The van der Waals surface area contributed by atoms with Crippen LogP contribution in [0, 0.1) is 5.92 Å². The van der Waals surface area contributed by atoms with E-state index in [0.29, 0.717) is 32.7 Å². The maximum absolute atomic E-state index is 11.8. The molecule has 1 fully saturated rings. The molecule has 0 N–H and O–H groups in total. The zero-order valence-corrected chi connectivity index (χ0v) is 13.2. The average molecular weight is 310 g/mol. The minimum Gasteiger partial charge on any atom is -0.376 e. The van der Waals surface area contributed by atoms with Crippen LogP contribution >= 0.6 is 0 Å². The second-order valence-electron chi connectivity index (χ2n) is 6.04. The van der Waals surface area contributed by atoms with Crippen LogP contribution in [-0.4, -0.2) is 18.5 Å². The van der Waals surface area contributed by atoms with Crippen molar-refractivity contribution >= 4 is 5.78 Å². The SMILES string of the molecule is O=C1C[C@H](COCc2ccccc2)[C@@H](OCc2ccccc2)C1. The van der Waals surface area contributed by atoms with Gasteiger partial charge in [-0.3, -0.25) is 4.79 Å². The van der Waals surface area contributed by atoms with Crippen LogP contribution in [0.4, 0.5) is 0 Å². The summed E-state index contributed by atoms with van der Waals surface area (Å²) in [6.45, 7) is 1.70. The van der Waals surface area contributed by atoms with Crippen LogP contribution in [-0.2, 0) is 27.5 Å². The lowest BCUT2D eigenvalue weighted by molar-refractivity contribution is -0.118. The number of ketones is 1. The third kappa shape index (κ3) is 4.75. The molecule has 1 aliphatic carbocycles. The Morgan fingerprint density at radius 3 is 2.09 bits per heavy atom. The van der Waals surface area contributed by atoms with Gasteiger partial charge in [-0.25, -0.2) is 0 Å². The molecule has 3 nitrogen and oxygen atoms in total. The van der Waals surface area contributed by atoms with Crippen LogP contribution in [0.3, 0.4) is 0 Å². The van der Waals surface area contributed by atoms with E-state index in [4.69, 9.17) is 9.47 Å². The van der Waals surface area contributed by atoms with Crippen LogP contribution < -0.4 is 0 Å². The van der Waals surface area contributed by atoms with Crippen molar-refractivity contribution in [3.8, 4) is 0 Å². The van der Waals surface area contributed by atoms with Gasteiger partial charge in [0.15, 0.2) is 0 Å². The van der Waals surface area contributed by atoms with E-state index in [2.05, 4.69) is 0 Å². The lowest BCUT2D eigenvalue weighted by Gasteiger charge is -2.19. The smallest absolute Gasteiger partial charge is 0.135 e. The zero-order valence-electron chi connectivity index (χ0n) is 13.2. The van der Waals surface area contributed by atoms with Gasteiger partial charge < -0.3 is 9.47 Å². The molecule has 0 amide bonds. The molecule has 23 heavy (non-hydrogen) atoms. The first-order chi connectivity index (χ1) is 11.3. The molecule has 0 aromatic heterocycles. The second-order valence-corrected chi connectivity index (χ2v) is 6.04. The minimum absolute atomic E-state index is 0.0292. The number of benzene rings is 2. The van der Waals surface area contributed by atoms with Crippen molar-refractivity contribution in [3.63, 3.8) is 0 Å². The highest BCUT2D eigenvalue weighted by Crippen LogP contribution is 2.27. The van der Waals surface area contributed by atoms with Gasteiger partial charge in [-0.1, -0.05) is 60.7 Å². The van der Waals surface area contributed by atoms with E-state index in [-0.39, 0.29) is 17.8 Å². The Morgan fingerprint density at radius 2 is 1.43 bits per heavy atom. The summed E-state index contributed by atoms with van der Waals surface area (Å²) in [6, 6.07) is 20.2. The van der Waals surface area contributed by atoms with Crippen LogP contribution in [0.2, 0.25) is 0 Å². The molecule has 0 saturated heterocycles. The summed E-state index contributed by atoms with van der Waals surface area (Å²) in [6.07, 6.45) is 1.04. The van der Waals surface area contributed by atoms with Crippen LogP contribution in [0.1, 0.15) is 24.0 Å². The number of carbonyl (C=O) groups is 1. The lowest BCUT2D eigenvalue weighted by atomic mass is 10.1. The molecule has 0 bridgehead atoms. The van der Waals surface area contributed by atoms with E-state index in [9.17, 15) is 4.79 Å². The molecule has 0 unspecified atom stereocenters. The molecule has 1 saturated carbocycles. The molecule has 0 heterocycles. The van der Waals surface area contributed by atoms with Gasteiger partial charge in [0.25, 0.3) is 0 Å². The number of hydrogen-bond acceptors (Lipinski definition) is 3. The molecule has 2 atom stereocenters. The highest BCUT2D eigenvalue weighted by molar-refractivity contribution is 5.81. The number of carbonyl (C=O) groups excluding carboxylic acids is 1. The summed E-state index contributed by atoms with van der Waals surface area (Å²) in [4.78, 5) is 11.8. The van der Waals surface area contributed by atoms with Crippen molar-refractivity contribution in [2.45, 2.75) is 32.2 Å². The van der Waals surface area contributed by atoms with Gasteiger partial charge in [-0.05, 0) is 11.1 Å². The quantitative estimate of drug-likeness (QED) is 0.781. The van der Waals surface area contributed by atoms with Crippen molar-refractivity contribution in [3.05, 3.63) is 71.8 Å². The molecule has 3 rings (SSSR count). The highest BCUT2D eigenvalue weighted by atomic mass is 16.5. The summed E-state index contributed by atoms with van der Waals surface area (Å²) in [7, 11) is 0. The fourth-order valence-corrected chi connectivity index (χ4v) is 2.94. The highest BCUT2D eigenvalue weighted by Gasteiger charge is 2.33. The maximum Gasteiger partial charge on any atom is 0.135 e. The Hall–Kier alpha value is -1.97. The Balaban J connectivity index is 1.48. The molecule has 0 spiro atoms. The fourth-order valence-electron chi connectivity index (χ4n) is 2.94. The van der Waals surface area contributed by atoms with Gasteiger partial charge in [0.05, 0.1) is 25.9 Å². The van der Waals surface area contributed by atoms with Gasteiger partial charge in [-0.15, -0.1) is 0 Å². The Bertz CT molecular complexity index is 609. The standard InChI is InChI=1S/C20H22O3/c21-19-11-18(15-22-13-16-7-3-1-4-8-16)20(12-19)23-14-17-9-5-2-6-10-17/h1-10,18,20H,11-15H2/t18-,20+/m1/s1. The average Bonchev–Trinajstić information content (AvgIpc) is 2.95. The van der Waals surface area contributed by atoms with E-state index >= 15 is 0 Å². The molecule has 120 valence electrons. The molecule has 1 aliphatic rings. The van der Waals surface area contributed by atoms with Gasteiger partial charge in [0.2, 0.25) is 0 Å². The van der Waals surface area contributed by atoms with Gasteiger partial charge >= 0.3 is 0 Å². The van der Waals surface area contributed by atoms with Crippen molar-refractivity contribution in [2.24, 2.45) is 5.92 Å². The van der Waals surface area contributed by atoms with E-state index < -0.39 is 0 Å². The fraction of sp³-hybridized carbons (Fsp3) is 0.350. The first-order valence-corrected chi connectivity index (χ1v) is 8.10. The molecular formula is C20H22O3. The van der Waals surface area contributed by atoms with Crippen molar-refractivity contribution < 1.29 is 14.3 Å². The van der Waals surface area contributed by atoms with Crippen LogP contribution in [0.5, 0.6) is 0 Å². The van der Waals surface area contributed by atoms with E-state index in [0.717, 1.165) is 11.1 Å². The third-order valence-electron chi connectivity index (χ3n) is 4.19. The lowest BCUT2D eigenvalue weighted by Crippen LogP contribution is -2.22. The zero-order chi connectivity index (χ0) is 15.9. The maximum atomic E-state index is 11.8. The number of Topliss-reactive ketones (excluding diaryl/α,β-unsaturated/α-hetero) is 1. The second kappa shape index (κ2) is 8.04. The minimum atomic E-state index is -0.0292. The molecular weight excluding hydrogens is 288 g/mol. The first kappa shape index (κ1) is 15.9. The molecule has 2 aromatic rings. The normalized spacial score (nSPS) is 20.8. The Labute approximate surface area is 137 Å². The molecule has 0 aliphatic heterocycles. The van der Waals surface area contributed by atoms with Crippen LogP contribution in [0.25, 0.3) is 0 Å². The summed E-state index contributed by atoms with van der Waals surface area (Å²) in [5, 5.41) is 0. The largest absolute Gasteiger partial charge is 0.376 e. The van der Waals surface area contributed by atoms with Gasteiger partial charge in [0.1, 0.15) is 5.78 Å². The van der Waals surface area contributed by atoms with Crippen molar-refractivity contribution in [1.82, 2.24) is 0 Å². The van der Waals surface area contributed by atoms with Crippen LogP contribution in [0.15, 0.2) is 60.7 Å². The predicted molar refractivity (Wildman–Crippen MR) is 88.8 cm³/mol. The number of rotatable bonds is 7. The first-order valence-electron chi connectivity index (χ1n) is 8.10. The molecule has 3 heteroatoms. The summed E-state index contributed by atoms with van der Waals surface area (Å²) in [5.41, 5.74) is 2.29. The van der Waals surface area contributed by atoms with Gasteiger partial charge in [-0.2, -0.15) is 0 Å². The van der Waals surface area contributed by atoms with E-state index in [1.165, 1.54) is 0 Å². The summed E-state index contributed by atoms with van der Waals surface area (Å²) < 4.78 is 11.8. The van der Waals surface area contributed by atoms with Crippen molar-refractivity contribution in [1.29, 1.82) is 0 Å². The van der Waals surface area contributed by atoms with E-state index in [1.54, 1.807) is 0 Å². The van der Waals surface area contributed by atoms with Gasteiger partial charge in [0, 0.05) is 18.8 Å². The Morgan fingerprint density at radius 1 is 0.826 bits per heavy atom. The molecule has 0 radical (unpaired) electrons. The number of ether oxygens (including phenoxy) is 2. The number of hydrogen-bond donors (Lipinski definition) is 0. The van der Waals surface area contributed by atoms with E-state index in [1.807, 2.05) is 60.7 Å². The molecule has 2 aromatic carbocycles. The summed E-state index contributed by atoms with van der Waals surface area (Å²) in [5.74, 6) is 0.436. The summed E-state index contributed by atoms with van der Waals surface area (Å²) >= 11 is 0. The third-order valence-corrected chi connectivity index (χ3v) is 4.19.